The van der Waals surface area contributed by atoms with Gasteiger partial charge in [0, 0.05) is 48.7 Å². The molecule has 1 aliphatic rings. The number of halogens is 2. The molecule has 6 heteroatoms. The van der Waals surface area contributed by atoms with Gasteiger partial charge in [0.05, 0.1) is 11.0 Å². The molecule has 2 aromatic heterocycles. The average molecular weight is 424 g/mol. The van der Waals surface area contributed by atoms with Gasteiger partial charge in [-0.15, -0.1) is 0 Å². The van der Waals surface area contributed by atoms with Crippen LogP contribution in [0.25, 0.3) is 43.6 Å². The number of hydrogen-bond donors (Lipinski definition) is 3. The molecule has 0 aliphatic carbocycles. The Morgan fingerprint density at radius 3 is 2.00 bits per heavy atom. The number of rotatable bonds is 3. The van der Waals surface area contributed by atoms with E-state index in [-0.39, 0.29) is 0 Å². The van der Waals surface area contributed by atoms with Crippen molar-refractivity contribution in [1.82, 2.24) is 15.3 Å². The van der Waals surface area contributed by atoms with Crippen LogP contribution in [0.3, 0.4) is 0 Å². The monoisotopic (exact) mass is 423 g/mol. The lowest BCUT2D eigenvalue weighted by atomic mass is 10.1. The third-order valence-corrected chi connectivity index (χ3v) is 6.41. The van der Waals surface area contributed by atoms with Gasteiger partial charge >= 0.3 is 0 Å². The molecule has 146 valence electrons. The molecule has 0 amide bonds. The maximum Gasteiger partial charge on any atom is 0.167 e. The Labute approximate surface area is 177 Å². The molecule has 0 spiro atoms. The Morgan fingerprint density at radius 1 is 0.828 bits per heavy atom. The highest BCUT2D eigenvalue weighted by molar-refractivity contribution is 6.33. The zero-order valence-corrected chi connectivity index (χ0v) is 17.1. The van der Waals surface area contributed by atoms with Gasteiger partial charge < -0.3 is 20.0 Å². The quantitative estimate of drug-likeness (QED) is 0.314. The van der Waals surface area contributed by atoms with Crippen molar-refractivity contribution in [3.05, 3.63) is 52.5 Å². The summed E-state index contributed by atoms with van der Waals surface area (Å²) >= 11 is 12.6. The largest absolute Gasteiger partial charge is 0.488 e. The highest BCUT2D eigenvalue weighted by atomic mass is 35.5. The minimum Gasteiger partial charge on any atom is -0.488 e. The summed E-state index contributed by atoms with van der Waals surface area (Å²) in [5, 5.41) is 9.34. The van der Waals surface area contributed by atoms with Crippen LogP contribution in [-0.4, -0.2) is 29.2 Å². The number of ether oxygens (including phenoxy) is 1. The lowest BCUT2D eigenvalue weighted by Crippen LogP contribution is -2.28. The maximum absolute atomic E-state index is 6.45. The number of aromatic nitrogens is 2. The van der Waals surface area contributed by atoms with Gasteiger partial charge in [-0.05, 0) is 61.9 Å². The topological polar surface area (TPSA) is 52.8 Å². The number of nitrogens with one attached hydrogen (secondary N) is 3. The van der Waals surface area contributed by atoms with E-state index in [0.29, 0.717) is 12.6 Å². The van der Waals surface area contributed by atoms with Crippen LogP contribution >= 0.6 is 23.2 Å². The molecule has 5 aromatic rings. The fourth-order valence-electron chi connectivity index (χ4n) is 4.52. The first-order valence-corrected chi connectivity index (χ1v) is 10.6. The van der Waals surface area contributed by atoms with E-state index in [9.17, 15) is 0 Å². The molecule has 3 aromatic carbocycles. The highest BCUT2D eigenvalue weighted by Gasteiger charge is 2.20. The first-order valence-electron chi connectivity index (χ1n) is 9.88. The van der Waals surface area contributed by atoms with Crippen LogP contribution in [0.4, 0.5) is 0 Å². The molecule has 3 heterocycles. The molecular formula is C23H19Cl2N3O. The number of benzene rings is 3. The van der Waals surface area contributed by atoms with Crippen molar-refractivity contribution in [1.29, 1.82) is 0 Å². The summed E-state index contributed by atoms with van der Waals surface area (Å²) in [6, 6.07) is 14.4. The van der Waals surface area contributed by atoms with E-state index in [0.717, 1.165) is 72.4 Å². The van der Waals surface area contributed by atoms with E-state index in [1.807, 2.05) is 36.4 Å². The van der Waals surface area contributed by atoms with E-state index in [1.165, 1.54) is 6.42 Å². The lowest BCUT2D eigenvalue weighted by Gasteiger charge is -2.14. The Hall–Kier alpha value is -2.40. The first kappa shape index (κ1) is 17.5. The molecule has 3 N–H and O–H groups in total. The van der Waals surface area contributed by atoms with Crippen LogP contribution in [0.15, 0.2) is 42.5 Å². The fourth-order valence-corrected chi connectivity index (χ4v) is 4.87. The second kappa shape index (κ2) is 6.56. The minimum absolute atomic E-state index is 0.387. The van der Waals surface area contributed by atoms with Gasteiger partial charge in [0.2, 0.25) is 0 Å². The zero-order valence-electron chi connectivity index (χ0n) is 15.6. The van der Waals surface area contributed by atoms with Crippen LogP contribution in [0.5, 0.6) is 5.75 Å². The third kappa shape index (κ3) is 2.78. The second-order valence-corrected chi connectivity index (χ2v) is 8.66. The summed E-state index contributed by atoms with van der Waals surface area (Å²) in [4.78, 5) is 7.09. The van der Waals surface area contributed by atoms with E-state index in [4.69, 9.17) is 27.9 Å². The molecule has 6 rings (SSSR count). The molecule has 1 aliphatic heterocycles. The van der Waals surface area contributed by atoms with E-state index < -0.39 is 0 Å². The maximum atomic E-state index is 6.45. The van der Waals surface area contributed by atoms with Gasteiger partial charge in [-0.2, -0.15) is 0 Å². The van der Waals surface area contributed by atoms with Gasteiger partial charge in [-0.1, -0.05) is 23.2 Å². The predicted molar refractivity (Wildman–Crippen MR) is 122 cm³/mol. The summed E-state index contributed by atoms with van der Waals surface area (Å²) in [7, 11) is 0. The number of hydrogen-bond acceptors (Lipinski definition) is 2. The van der Waals surface area contributed by atoms with Gasteiger partial charge in [0.15, 0.2) is 5.75 Å². The summed E-state index contributed by atoms with van der Waals surface area (Å²) < 4.78 is 6.45. The van der Waals surface area contributed by atoms with Crippen LogP contribution < -0.4 is 10.1 Å². The van der Waals surface area contributed by atoms with Gasteiger partial charge in [0.1, 0.15) is 6.61 Å². The fraction of sp³-hybridized carbons (Fsp3) is 0.217. The number of H-pyrrole nitrogens is 2. The molecular weight excluding hydrogens is 405 g/mol. The summed E-state index contributed by atoms with van der Waals surface area (Å²) in [6.07, 6.45) is 2.34. The Morgan fingerprint density at radius 2 is 1.45 bits per heavy atom. The predicted octanol–water partition coefficient (Wildman–Crippen LogP) is 6.39. The Balaban J connectivity index is 1.66. The second-order valence-electron chi connectivity index (χ2n) is 7.78. The molecule has 0 bridgehead atoms. The van der Waals surface area contributed by atoms with Gasteiger partial charge in [-0.25, -0.2) is 0 Å². The standard InChI is InChI=1S/C23H19Cl2N3O/c24-12-3-5-19-15(8-12)17-10-18-16-9-13(25)4-6-20(16)28-22(18)23(21(17)27-19)29-11-14-2-1-7-26-14/h3-6,8-10,14,26-28H,1-2,7,11H2/t14-/m0/s1. The highest BCUT2D eigenvalue weighted by Crippen LogP contribution is 2.41. The minimum atomic E-state index is 0.387. The molecule has 29 heavy (non-hydrogen) atoms. The van der Waals surface area contributed by atoms with Crippen LogP contribution in [0.2, 0.25) is 10.0 Å². The molecule has 1 atom stereocenters. The van der Waals surface area contributed by atoms with E-state index in [1.54, 1.807) is 0 Å². The smallest absolute Gasteiger partial charge is 0.167 e. The SMILES string of the molecule is Clc1ccc2[nH]c3c(OC[C@@H]4CCCN4)c4[nH]c5ccc(Cl)cc5c4cc3c2c1. The van der Waals surface area contributed by atoms with Crippen LogP contribution in [0.1, 0.15) is 12.8 Å². The van der Waals surface area contributed by atoms with Crippen LogP contribution in [-0.2, 0) is 0 Å². The van der Waals surface area contributed by atoms with Crippen molar-refractivity contribution in [3.63, 3.8) is 0 Å². The third-order valence-electron chi connectivity index (χ3n) is 5.94. The number of aromatic amines is 2. The molecule has 0 saturated carbocycles. The van der Waals surface area contributed by atoms with Crippen LogP contribution in [0, 0.1) is 0 Å². The zero-order chi connectivity index (χ0) is 19.5. The van der Waals surface area contributed by atoms with Crippen molar-refractivity contribution in [2.75, 3.05) is 13.2 Å². The normalized spacial score (nSPS) is 17.2. The Kier molecular flexibility index (Phi) is 3.95. The molecule has 4 nitrogen and oxygen atoms in total. The molecule has 1 fully saturated rings. The van der Waals surface area contributed by atoms with E-state index in [2.05, 4.69) is 21.4 Å². The summed E-state index contributed by atoms with van der Waals surface area (Å²) in [6.45, 7) is 1.70. The summed E-state index contributed by atoms with van der Waals surface area (Å²) in [5.74, 6) is 0.853. The van der Waals surface area contributed by atoms with Crippen molar-refractivity contribution >= 4 is 66.8 Å². The van der Waals surface area contributed by atoms with E-state index >= 15 is 0 Å². The lowest BCUT2D eigenvalue weighted by molar-refractivity contribution is 0.282. The van der Waals surface area contributed by atoms with Crippen molar-refractivity contribution in [2.45, 2.75) is 18.9 Å². The Bertz CT molecular complexity index is 1300. The number of fused-ring (bicyclic) bond motifs is 6. The van der Waals surface area contributed by atoms with Crippen molar-refractivity contribution < 1.29 is 4.74 Å². The first-order chi connectivity index (χ1) is 14.2. The van der Waals surface area contributed by atoms with Crippen molar-refractivity contribution in [2.24, 2.45) is 0 Å². The summed E-state index contributed by atoms with van der Waals surface area (Å²) in [5.41, 5.74) is 4.07. The van der Waals surface area contributed by atoms with Gasteiger partial charge in [-0.3, -0.25) is 0 Å². The van der Waals surface area contributed by atoms with Gasteiger partial charge in [0.25, 0.3) is 0 Å². The average Bonchev–Trinajstić information content (AvgIpc) is 3.43. The van der Waals surface area contributed by atoms with Crippen molar-refractivity contribution in [3.8, 4) is 5.75 Å². The molecule has 0 radical (unpaired) electrons. The molecule has 0 unspecified atom stereocenters. The molecule has 1 saturated heterocycles.